The highest BCUT2D eigenvalue weighted by atomic mass is 79.9. The van der Waals surface area contributed by atoms with E-state index in [1.165, 1.54) is 12.1 Å². The summed E-state index contributed by atoms with van der Waals surface area (Å²) in [5, 5.41) is 1.55. The van der Waals surface area contributed by atoms with Gasteiger partial charge in [-0.05, 0) is 45.8 Å². The zero-order chi connectivity index (χ0) is 12.7. The fourth-order valence-corrected chi connectivity index (χ4v) is 2.30. The predicted octanol–water partition coefficient (Wildman–Crippen LogP) is 2.12. The molecule has 1 heterocycles. The standard InChI is InChI=1S/C13H9BrFN3/c14-11-9(16)5-6-10-12(11)18-13(17-10)7-1-3-8(15)4-2-7/h1-6,13H,16H2. The summed E-state index contributed by atoms with van der Waals surface area (Å²) in [5.74, 6) is -0.264. The second-order valence-electron chi connectivity index (χ2n) is 4.02. The first-order chi connectivity index (χ1) is 8.65. The second-order valence-corrected chi connectivity index (χ2v) is 4.81. The lowest BCUT2D eigenvalue weighted by molar-refractivity contribution is 0.625. The van der Waals surface area contributed by atoms with Crippen LogP contribution in [0.5, 0.6) is 0 Å². The van der Waals surface area contributed by atoms with E-state index in [4.69, 9.17) is 5.73 Å². The third-order valence-corrected chi connectivity index (χ3v) is 3.64. The highest BCUT2D eigenvalue weighted by Gasteiger charge is 2.14. The Morgan fingerprint density at radius 3 is 2.50 bits per heavy atom. The van der Waals surface area contributed by atoms with Gasteiger partial charge in [-0.25, -0.2) is 4.39 Å². The average molecular weight is 306 g/mol. The van der Waals surface area contributed by atoms with Crippen molar-refractivity contribution in [1.29, 1.82) is 0 Å². The van der Waals surface area contributed by atoms with Crippen LogP contribution in [0.2, 0.25) is 0 Å². The van der Waals surface area contributed by atoms with Gasteiger partial charge in [-0.1, -0.05) is 12.1 Å². The zero-order valence-corrected chi connectivity index (χ0v) is 10.9. The Morgan fingerprint density at radius 2 is 1.78 bits per heavy atom. The molecule has 1 aliphatic rings. The lowest BCUT2D eigenvalue weighted by atomic mass is 10.2. The minimum Gasteiger partial charge on any atom is -0.398 e. The van der Waals surface area contributed by atoms with Crippen molar-refractivity contribution in [3.05, 3.63) is 63.0 Å². The minimum absolute atomic E-state index is 0.264. The highest BCUT2D eigenvalue weighted by Crippen LogP contribution is 2.21. The van der Waals surface area contributed by atoms with Crippen molar-refractivity contribution in [2.24, 2.45) is 9.98 Å². The van der Waals surface area contributed by atoms with E-state index in [0.29, 0.717) is 5.69 Å². The van der Waals surface area contributed by atoms with Gasteiger partial charge < -0.3 is 5.73 Å². The smallest absolute Gasteiger partial charge is 0.166 e. The van der Waals surface area contributed by atoms with Crippen molar-refractivity contribution >= 4 is 21.6 Å². The van der Waals surface area contributed by atoms with E-state index in [1.807, 2.05) is 6.07 Å². The van der Waals surface area contributed by atoms with Gasteiger partial charge in [-0.3, -0.25) is 9.98 Å². The van der Waals surface area contributed by atoms with Gasteiger partial charge in [0, 0.05) is 5.69 Å². The van der Waals surface area contributed by atoms with E-state index in [-0.39, 0.29) is 12.0 Å². The summed E-state index contributed by atoms with van der Waals surface area (Å²) >= 11 is 3.40. The molecule has 1 atom stereocenters. The summed E-state index contributed by atoms with van der Waals surface area (Å²) in [6, 6.07) is 9.82. The van der Waals surface area contributed by atoms with Crippen LogP contribution in [0.15, 0.2) is 50.9 Å². The maximum Gasteiger partial charge on any atom is 0.166 e. The summed E-state index contributed by atoms with van der Waals surface area (Å²) in [6.45, 7) is 0. The molecule has 1 unspecified atom stereocenters. The third-order valence-electron chi connectivity index (χ3n) is 2.81. The van der Waals surface area contributed by atoms with Crippen LogP contribution in [0.3, 0.4) is 0 Å². The van der Waals surface area contributed by atoms with Crippen molar-refractivity contribution in [2.45, 2.75) is 6.17 Å². The molecule has 0 radical (unpaired) electrons. The number of nitrogens with two attached hydrogens (primary N) is 1. The van der Waals surface area contributed by atoms with Crippen molar-refractivity contribution in [1.82, 2.24) is 0 Å². The Bertz CT molecular complexity index is 725. The van der Waals surface area contributed by atoms with E-state index in [1.54, 1.807) is 18.2 Å². The quantitative estimate of drug-likeness (QED) is 0.806. The Labute approximate surface area is 111 Å². The van der Waals surface area contributed by atoms with Crippen LogP contribution in [0.4, 0.5) is 10.1 Å². The van der Waals surface area contributed by atoms with Gasteiger partial charge in [0.25, 0.3) is 0 Å². The Balaban J connectivity index is 2.12. The van der Waals surface area contributed by atoms with Crippen LogP contribution in [-0.4, -0.2) is 0 Å². The monoisotopic (exact) mass is 305 g/mol. The normalized spacial score (nSPS) is 16.9. The summed E-state index contributed by atoms with van der Waals surface area (Å²) in [6.07, 6.45) is -0.321. The third kappa shape index (κ3) is 1.80. The van der Waals surface area contributed by atoms with Crippen LogP contribution in [-0.2, 0) is 0 Å². The molecule has 0 spiro atoms. The van der Waals surface area contributed by atoms with Gasteiger partial charge >= 0.3 is 0 Å². The maximum atomic E-state index is 12.9. The summed E-state index contributed by atoms with van der Waals surface area (Å²) < 4.78 is 13.6. The van der Waals surface area contributed by atoms with Crippen molar-refractivity contribution < 1.29 is 4.39 Å². The van der Waals surface area contributed by atoms with Gasteiger partial charge in [0.05, 0.1) is 9.83 Å². The summed E-state index contributed by atoms with van der Waals surface area (Å²) in [5.41, 5.74) is 7.29. The molecule has 0 aromatic heterocycles. The van der Waals surface area contributed by atoms with E-state index in [2.05, 4.69) is 25.9 Å². The molecule has 0 saturated heterocycles. The van der Waals surface area contributed by atoms with E-state index in [9.17, 15) is 4.39 Å². The molecular formula is C13H9BrFN3. The predicted molar refractivity (Wildman–Crippen MR) is 70.0 cm³/mol. The van der Waals surface area contributed by atoms with Gasteiger partial charge in [-0.2, -0.15) is 0 Å². The lowest BCUT2D eigenvalue weighted by Crippen LogP contribution is -2.23. The van der Waals surface area contributed by atoms with E-state index in [0.717, 1.165) is 20.8 Å². The molecule has 1 aliphatic heterocycles. The van der Waals surface area contributed by atoms with Crippen LogP contribution >= 0.6 is 15.9 Å². The van der Waals surface area contributed by atoms with Crippen molar-refractivity contribution in [3.63, 3.8) is 0 Å². The van der Waals surface area contributed by atoms with Crippen molar-refractivity contribution in [3.8, 4) is 0 Å². The molecular weight excluding hydrogens is 297 g/mol. The topological polar surface area (TPSA) is 50.7 Å². The molecule has 2 N–H and O–H groups in total. The maximum absolute atomic E-state index is 12.9. The molecule has 0 aliphatic carbocycles. The average Bonchev–Trinajstić information content (AvgIpc) is 2.80. The molecule has 0 amide bonds. The molecule has 2 aromatic carbocycles. The first kappa shape index (κ1) is 11.3. The summed E-state index contributed by atoms with van der Waals surface area (Å²) in [4.78, 5) is 8.97. The lowest BCUT2D eigenvalue weighted by Gasteiger charge is -2.03. The molecule has 0 saturated carbocycles. The molecule has 5 heteroatoms. The molecule has 90 valence electrons. The number of anilines is 1. The number of benzene rings is 2. The first-order valence-corrected chi connectivity index (χ1v) is 6.19. The summed E-state index contributed by atoms with van der Waals surface area (Å²) in [7, 11) is 0. The van der Waals surface area contributed by atoms with E-state index >= 15 is 0 Å². The van der Waals surface area contributed by atoms with E-state index < -0.39 is 0 Å². The van der Waals surface area contributed by atoms with Gasteiger partial charge in [-0.15, -0.1) is 0 Å². The number of nitrogen functional groups attached to an aromatic ring is 1. The molecule has 0 bridgehead atoms. The number of rotatable bonds is 1. The zero-order valence-electron chi connectivity index (χ0n) is 9.27. The Morgan fingerprint density at radius 1 is 1.06 bits per heavy atom. The largest absolute Gasteiger partial charge is 0.398 e. The van der Waals surface area contributed by atoms with Crippen molar-refractivity contribution in [2.75, 3.05) is 5.73 Å². The van der Waals surface area contributed by atoms with Crippen LogP contribution in [0.25, 0.3) is 0 Å². The van der Waals surface area contributed by atoms with Crippen LogP contribution in [0.1, 0.15) is 11.7 Å². The molecule has 3 rings (SSSR count). The van der Waals surface area contributed by atoms with Crippen LogP contribution < -0.4 is 16.4 Å². The first-order valence-electron chi connectivity index (χ1n) is 5.40. The minimum atomic E-state index is -0.321. The Hall–Kier alpha value is -1.75. The fourth-order valence-electron chi connectivity index (χ4n) is 1.86. The number of hydrogen-bond donors (Lipinski definition) is 1. The van der Waals surface area contributed by atoms with Gasteiger partial charge in [0.15, 0.2) is 6.17 Å². The molecule has 18 heavy (non-hydrogen) atoms. The van der Waals surface area contributed by atoms with Gasteiger partial charge in [0.1, 0.15) is 11.2 Å². The molecule has 0 fully saturated rings. The fraction of sp³-hybridized carbons (Fsp3) is 0.0769. The SMILES string of the molecule is Nc1ccc2c(c1Br)=NC(c1ccc(F)cc1)N=2. The second kappa shape index (κ2) is 4.17. The van der Waals surface area contributed by atoms with Crippen LogP contribution in [0, 0.1) is 5.82 Å². The number of hydrogen-bond acceptors (Lipinski definition) is 3. The molecule has 3 nitrogen and oxygen atoms in total. The number of fused-ring (bicyclic) bond motifs is 1. The number of nitrogens with zero attached hydrogens (tertiary/aromatic N) is 2. The highest BCUT2D eigenvalue weighted by molar-refractivity contribution is 9.10. The van der Waals surface area contributed by atoms with Gasteiger partial charge in [0.2, 0.25) is 0 Å². The Kier molecular flexibility index (Phi) is 2.63. The number of halogens is 2. The molecule has 2 aromatic rings.